The monoisotopic (exact) mass is 466 g/mol. The van der Waals surface area contributed by atoms with Crippen LogP contribution in [0, 0.1) is 28.6 Å². The normalized spacial score (nSPS) is 43.5. The predicted octanol–water partition coefficient (Wildman–Crippen LogP) is 5.97. The molecular weight excluding hydrogens is 436 g/mol. The first-order valence-electron chi connectivity index (χ1n) is 11.2. The highest BCUT2D eigenvalue weighted by Gasteiger charge is 2.62. The van der Waals surface area contributed by atoms with Crippen LogP contribution in [-0.2, 0) is 14.3 Å². The first-order chi connectivity index (χ1) is 14.2. The number of allylic oxidation sites excluding steroid dienone is 2. The minimum absolute atomic E-state index is 0.00883. The van der Waals surface area contributed by atoms with Gasteiger partial charge in [0.05, 0.1) is 11.2 Å². The molecule has 1 spiro atoms. The first-order valence-corrected chi connectivity index (χ1v) is 13.6. The molecule has 0 N–H and O–H groups in total. The third kappa shape index (κ3) is 2.94. The SMILES string of the molecule is COC(=O)/C(Cl)=C1/CC[C@H]2[C@@H]3CCC4=CC5(CC[C@]4(C)[C@H]3C(=O)C[C@]12C)SCCS5. The summed E-state index contributed by atoms with van der Waals surface area (Å²) in [6.45, 7) is 4.55. The standard InChI is InChI=1S/C24H31ClO3S2/c1-22-8-9-24(29-10-11-30-24)12-14(22)4-5-15-16-6-7-17(20(25)21(27)28-3)23(16,2)13-18(26)19(15)22/h12,15-16,19H,4-11,13H2,1-3H3/b20-17+/t15-,16-,19+,22-,23-/m0/s1. The largest absolute Gasteiger partial charge is 0.465 e. The number of thioether (sulfide) groups is 2. The van der Waals surface area contributed by atoms with E-state index in [0.29, 0.717) is 24.0 Å². The third-order valence-corrected chi connectivity index (χ3v) is 12.8. The van der Waals surface area contributed by atoms with Crippen molar-refractivity contribution in [3.63, 3.8) is 0 Å². The van der Waals surface area contributed by atoms with Crippen LogP contribution in [0.1, 0.15) is 58.8 Å². The van der Waals surface area contributed by atoms with E-state index in [1.807, 2.05) is 0 Å². The number of Topliss-reactive ketones (excluding diaryl/α,β-unsaturated/α-hetero) is 1. The van der Waals surface area contributed by atoms with E-state index in [0.717, 1.165) is 37.7 Å². The van der Waals surface area contributed by atoms with Crippen LogP contribution < -0.4 is 0 Å². The van der Waals surface area contributed by atoms with Gasteiger partial charge in [-0.25, -0.2) is 4.79 Å². The summed E-state index contributed by atoms with van der Waals surface area (Å²) in [6, 6.07) is 0. The van der Waals surface area contributed by atoms with Crippen molar-refractivity contribution in [2.24, 2.45) is 28.6 Å². The molecular formula is C24H31ClO3S2. The summed E-state index contributed by atoms with van der Waals surface area (Å²) in [5.74, 6) is 3.37. The molecule has 0 radical (unpaired) electrons. The van der Waals surface area contributed by atoms with Gasteiger partial charge in [-0.1, -0.05) is 37.1 Å². The third-order valence-electron chi connectivity index (χ3n) is 9.01. The molecule has 0 aromatic heterocycles. The molecule has 30 heavy (non-hydrogen) atoms. The lowest BCUT2D eigenvalue weighted by molar-refractivity contribution is -0.142. The molecule has 6 heteroatoms. The maximum atomic E-state index is 13.7. The van der Waals surface area contributed by atoms with E-state index in [1.165, 1.54) is 25.0 Å². The van der Waals surface area contributed by atoms with E-state index in [4.69, 9.17) is 16.3 Å². The Kier molecular flexibility index (Phi) is 5.23. The van der Waals surface area contributed by atoms with Crippen LogP contribution in [0.15, 0.2) is 22.3 Å². The lowest BCUT2D eigenvalue weighted by Crippen LogP contribution is -2.54. The van der Waals surface area contributed by atoms with Gasteiger partial charge in [-0.2, -0.15) is 0 Å². The molecule has 1 saturated heterocycles. The average molecular weight is 467 g/mol. The van der Waals surface area contributed by atoms with Crippen LogP contribution in [0.25, 0.3) is 0 Å². The number of ether oxygens (including phenoxy) is 1. The van der Waals surface area contributed by atoms with Crippen molar-refractivity contribution in [2.75, 3.05) is 18.6 Å². The van der Waals surface area contributed by atoms with Gasteiger partial charge in [0.2, 0.25) is 0 Å². The highest BCUT2D eigenvalue weighted by atomic mass is 35.5. The zero-order valence-electron chi connectivity index (χ0n) is 18.1. The van der Waals surface area contributed by atoms with Crippen LogP contribution in [0.2, 0.25) is 0 Å². The number of carbonyl (C=O) groups is 2. The van der Waals surface area contributed by atoms with Crippen LogP contribution in [0.4, 0.5) is 0 Å². The van der Waals surface area contributed by atoms with Crippen molar-refractivity contribution in [1.29, 1.82) is 0 Å². The van der Waals surface area contributed by atoms with Gasteiger partial charge in [0.1, 0.15) is 10.8 Å². The van der Waals surface area contributed by atoms with Crippen molar-refractivity contribution >= 4 is 46.9 Å². The van der Waals surface area contributed by atoms with Crippen LogP contribution in [0.3, 0.4) is 0 Å². The molecule has 4 fully saturated rings. The van der Waals surface area contributed by atoms with Gasteiger partial charge < -0.3 is 4.74 Å². The van der Waals surface area contributed by atoms with E-state index in [1.54, 1.807) is 5.57 Å². The average Bonchev–Trinajstić information content (AvgIpc) is 3.31. The first kappa shape index (κ1) is 21.5. The zero-order chi connectivity index (χ0) is 21.3. The summed E-state index contributed by atoms with van der Waals surface area (Å²) in [4.78, 5) is 25.9. The summed E-state index contributed by atoms with van der Waals surface area (Å²) < 4.78 is 5.16. The Morgan fingerprint density at radius 1 is 1.13 bits per heavy atom. The Morgan fingerprint density at radius 3 is 2.57 bits per heavy atom. The number of hydrogen-bond donors (Lipinski definition) is 0. The molecule has 5 atom stereocenters. The highest BCUT2D eigenvalue weighted by molar-refractivity contribution is 8.21. The fraction of sp³-hybridized carbons (Fsp3) is 0.750. The molecule has 0 aromatic rings. The molecule has 3 nitrogen and oxygen atoms in total. The van der Waals surface area contributed by atoms with E-state index < -0.39 is 5.97 Å². The highest BCUT2D eigenvalue weighted by Crippen LogP contribution is 2.68. The minimum Gasteiger partial charge on any atom is -0.465 e. The molecule has 164 valence electrons. The fourth-order valence-corrected chi connectivity index (χ4v) is 11.1. The van der Waals surface area contributed by atoms with E-state index in [9.17, 15) is 9.59 Å². The van der Waals surface area contributed by atoms with Gasteiger partial charge in [-0.3, -0.25) is 4.79 Å². The fourth-order valence-electron chi connectivity index (χ4n) is 7.59. The van der Waals surface area contributed by atoms with E-state index in [2.05, 4.69) is 43.4 Å². The van der Waals surface area contributed by atoms with Crippen LogP contribution >= 0.6 is 35.1 Å². The number of halogens is 1. The Labute approximate surface area is 193 Å². The van der Waals surface area contributed by atoms with Crippen molar-refractivity contribution in [1.82, 2.24) is 0 Å². The van der Waals surface area contributed by atoms with Gasteiger partial charge in [0, 0.05) is 29.3 Å². The molecule has 1 heterocycles. The number of fused-ring (bicyclic) bond motifs is 5. The number of methoxy groups -OCH3 is 1. The topological polar surface area (TPSA) is 43.4 Å². The second kappa shape index (κ2) is 7.31. The summed E-state index contributed by atoms with van der Waals surface area (Å²) in [7, 11) is 1.37. The molecule has 4 aliphatic carbocycles. The Balaban J connectivity index is 1.50. The molecule has 0 bridgehead atoms. The summed E-state index contributed by atoms with van der Waals surface area (Å²) >= 11 is 10.7. The number of rotatable bonds is 1. The number of ketones is 1. The van der Waals surface area contributed by atoms with Gasteiger partial charge >= 0.3 is 5.97 Å². The molecule has 0 aromatic carbocycles. The second-order valence-electron chi connectivity index (χ2n) is 10.3. The molecule has 5 aliphatic rings. The molecule has 1 aliphatic heterocycles. The smallest absolute Gasteiger partial charge is 0.349 e. The van der Waals surface area contributed by atoms with Crippen molar-refractivity contribution in [3.05, 3.63) is 22.3 Å². The molecule has 3 saturated carbocycles. The van der Waals surface area contributed by atoms with Crippen LogP contribution in [0.5, 0.6) is 0 Å². The lowest BCUT2D eigenvalue weighted by atomic mass is 9.47. The molecule has 0 amide bonds. The predicted molar refractivity (Wildman–Crippen MR) is 125 cm³/mol. The second-order valence-corrected chi connectivity index (χ2v) is 13.8. The van der Waals surface area contributed by atoms with Crippen molar-refractivity contribution in [2.45, 2.75) is 62.9 Å². The van der Waals surface area contributed by atoms with Crippen molar-refractivity contribution in [3.8, 4) is 0 Å². The van der Waals surface area contributed by atoms with Crippen molar-refractivity contribution < 1.29 is 14.3 Å². The zero-order valence-corrected chi connectivity index (χ0v) is 20.5. The summed E-state index contributed by atoms with van der Waals surface area (Å²) in [6.07, 6.45) is 9.43. The van der Waals surface area contributed by atoms with Gasteiger partial charge in [-0.15, -0.1) is 23.5 Å². The summed E-state index contributed by atoms with van der Waals surface area (Å²) in [5, 5.41) is 0.214. The van der Waals surface area contributed by atoms with E-state index in [-0.39, 0.29) is 25.9 Å². The van der Waals surface area contributed by atoms with E-state index >= 15 is 0 Å². The van der Waals surface area contributed by atoms with Gasteiger partial charge in [-0.05, 0) is 61.3 Å². The number of hydrogen-bond acceptors (Lipinski definition) is 5. The number of esters is 1. The van der Waals surface area contributed by atoms with Crippen LogP contribution in [-0.4, -0.2) is 34.4 Å². The number of carbonyl (C=O) groups excluding carboxylic acids is 2. The lowest BCUT2D eigenvalue weighted by Gasteiger charge is -2.57. The molecule has 0 unspecified atom stereocenters. The maximum Gasteiger partial charge on any atom is 0.349 e. The Hall–Kier alpha value is -0.390. The van der Waals surface area contributed by atoms with Gasteiger partial charge in [0.25, 0.3) is 0 Å². The summed E-state index contributed by atoms with van der Waals surface area (Å²) in [5.41, 5.74) is 2.22. The minimum atomic E-state index is -0.465. The maximum absolute atomic E-state index is 13.7. The quantitative estimate of drug-likeness (QED) is 0.270. The van der Waals surface area contributed by atoms with Gasteiger partial charge in [0.15, 0.2) is 0 Å². The molecule has 5 rings (SSSR count). The Bertz CT molecular complexity index is 859. The Morgan fingerprint density at radius 2 is 1.87 bits per heavy atom.